The zero-order valence-electron chi connectivity index (χ0n) is 35.1. The van der Waals surface area contributed by atoms with Gasteiger partial charge in [0.2, 0.25) is 0 Å². The van der Waals surface area contributed by atoms with Gasteiger partial charge in [-0.3, -0.25) is 13.8 Å². The fourth-order valence-corrected chi connectivity index (χ4v) is 7.46. The first-order valence-electron chi connectivity index (χ1n) is 22.0. The molecule has 1 aliphatic rings. The molecule has 1 fully saturated rings. The van der Waals surface area contributed by atoms with Gasteiger partial charge in [-0.05, 0) is 38.5 Å². The van der Waals surface area contributed by atoms with Crippen molar-refractivity contribution in [1.82, 2.24) is 0 Å². The van der Waals surface area contributed by atoms with Crippen molar-refractivity contribution < 1.29 is 58.3 Å². The van der Waals surface area contributed by atoms with E-state index < -0.39 is 63.1 Å². The zero-order chi connectivity index (χ0) is 42.0. The van der Waals surface area contributed by atoms with Gasteiger partial charge in [0.05, 0.1) is 13.2 Å². The summed E-state index contributed by atoms with van der Waals surface area (Å²) >= 11 is 0. The molecule has 6 atom stereocenters. The summed E-state index contributed by atoms with van der Waals surface area (Å²) in [6.07, 6.45) is 29.2. The Morgan fingerprint density at radius 2 is 1.00 bits per heavy atom. The van der Waals surface area contributed by atoms with E-state index in [4.69, 9.17) is 18.5 Å². The van der Waals surface area contributed by atoms with Gasteiger partial charge in [0.15, 0.2) is 0 Å². The second kappa shape index (κ2) is 35.1. The van der Waals surface area contributed by atoms with Crippen molar-refractivity contribution in [3.05, 3.63) is 48.6 Å². The smallest absolute Gasteiger partial charge is 0.457 e. The van der Waals surface area contributed by atoms with E-state index in [1.165, 1.54) is 89.9 Å². The van der Waals surface area contributed by atoms with Gasteiger partial charge in [0.25, 0.3) is 0 Å². The molecule has 0 amide bonds. The van der Waals surface area contributed by atoms with Crippen molar-refractivity contribution in [3.8, 4) is 0 Å². The number of allylic oxidation sites excluding steroid dienone is 8. The molecule has 1 rings (SSSR count). The average molecular weight is 831 g/mol. The maximum absolute atomic E-state index is 12.8. The molecule has 57 heavy (non-hydrogen) atoms. The largest absolute Gasteiger partial charge is 0.472 e. The molecule has 12 nitrogen and oxygen atoms in total. The number of phosphoric ester groups is 1. The number of phosphoric acid groups is 1. The summed E-state index contributed by atoms with van der Waals surface area (Å²) in [6.45, 7) is 4.06. The Hall–Kier alpha value is -1.70. The van der Waals surface area contributed by atoms with Gasteiger partial charge in [0, 0.05) is 13.0 Å². The number of unbranched alkanes of at least 4 members (excludes halogenated alkanes) is 16. The Morgan fingerprint density at radius 3 is 1.47 bits per heavy atom. The summed E-state index contributed by atoms with van der Waals surface area (Å²) in [5, 5.41) is 50.1. The lowest BCUT2D eigenvalue weighted by atomic mass is 9.85. The molecule has 1 saturated carbocycles. The minimum absolute atomic E-state index is 0.0652. The molecule has 0 heterocycles. The van der Waals surface area contributed by atoms with E-state index in [1.807, 2.05) is 12.2 Å². The molecule has 0 bridgehead atoms. The lowest BCUT2D eigenvalue weighted by Gasteiger charge is -2.41. The normalized spacial score (nSPS) is 23.3. The SMILES string of the molecule is CC/C=C\C/C=C\C/C=C\C/C=C\CCC(=O)OC(COCCCCCCCCCCCCCCCCCCC)COP(=O)(O)OC1C(O)C(O)C(O)C(O)C1O. The van der Waals surface area contributed by atoms with Crippen LogP contribution >= 0.6 is 7.82 Å². The first-order valence-corrected chi connectivity index (χ1v) is 23.5. The molecule has 0 aromatic carbocycles. The molecule has 13 heteroatoms. The topological polar surface area (TPSA) is 192 Å². The van der Waals surface area contributed by atoms with E-state index in [-0.39, 0.29) is 13.0 Å². The van der Waals surface area contributed by atoms with Crippen LogP contribution in [0.3, 0.4) is 0 Å². The van der Waals surface area contributed by atoms with E-state index in [0.29, 0.717) is 13.0 Å². The highest BCUT2D eigenvalue weighted by atomic mass is 31.2. The van der Waals surface area contributed by atoms with Crippen molar-refractivity contribution in [1.29, 1.82) is 0 Å². The maximum atomic E-state index is 12.8. The highest BCUT2D eigenvalue weighted by Gasteiger charge is 2.51. The highest BCUT2D eigenvalue weighted by Crippen LogP contribution is 2.47. The molecule has 0 saturated heterocycles. The maximum Gasteiger partial charge on any atom is 0.472 e. The third-order valence-corrected chi connectivity index (χ3v) is 11.0. The lowest BCUT2D eigenvalue weighted by molar-refractivity contribution is -0.220. The van der Waals surface area contributed by atoms with Gasteiger partial charge in [-0.1, -0.05) is 165 Å². The Balaban J connectivity index is 2.44. The fraction of sp³-hybridized carbons (Fsp3) is 0.795. The first kappa shape index (κ1) is 53.3. The predicted molar refractivity (Wildman–Crippen MR) is 225 cm³/mol. The molecule has 0 aromatic rings. The van der Waals surface area contributed by atoms with E-state index in [2.05, 4.69) is 50.3 Å². The quantitative estimate of drug-likeness (QED) is 0.0153. The standard InChI is InChI=1S/C44H79O12P/c1-3-5-7-9-11-13-15-17-18-19-20-22-24-26-28-30-32-34-53-35-37(36-54-57(51,52)56-44-42(49)40(47)39(46)41(48)43(44)50)55-38(45)33-31-29-27-25-23-21-16-14-12-10-8-6-4-2/h6,8,12,14,21,23,27,29,37,39-44,46-50H,3-5,7,9-11,13,15-20,22,24-26,28,30-36H2,1-2H3,(H,51,52)/b8-6-,14-12-,23-21-,29-27-. The number of carbonyl (C=O) groups is 1. The molecule has 0 spiro atoms. The summed E-state index contributed by atoms with van der Waals surface area (Å²) in [6, 6.07) is 0. The van der Waals surface area contributed by atoms with Crippen LogP contribution in [0.5, 0.6) is 0 Å². The number of hydrogen-bond donors (Lipinski definition) is 6. The average Bonchev–Trinajstić information content (AvgIpc) is 3.19. The van der Waals surface area contributed by atoms with Crippen molar-refractivity contribution in [2.24, 2.45) is 0 Å². The molecule has 0 aliphatic heterocycles. The van der Waals surface area contributed by atoms with Crippen LogP contribution in [0.2, 0.25) is 0 Å². The van der Waals surface area contributed by atoms with Crippen LogP contribution in [0, 0.1) is 0 Å². The number of esters is 1. The molecule has 6 unspecified atom stereocenters. The van der Waals surface area contributed by atoms with Crippen LogP contribution in [-0.2, 0) is 27.9 Å². The number of aliphatic hydroxyl groups is 5. The van der Waals surface area contributed by atoms with Crippen molar-refractivity contribution in [2.75, 3.05) is 19.8 Å². The van der Waals surface area contributed by atoms with Crippen LogP contribution in [-0.4, -0.2) is 98.9 Å². The van der Waals surface area contributed by atoms with Crippen molar-refractivity contribution >= 4 is 13.8 Å². The number of carbonyl (C=O) groups excluding carboxylic acids is 1. The van der Waals surface area contributed by atoms with Gasteiger partial charge in [-0.2, -0.15) is 0 Å². The molecular formula is C44H79O12P. The Labute approximate surface area is 344 Å². The van der Waals surface area contributed by atoms with Crippen molar-refractivity contribution in [2.45, 2.75) is 204 Å². The summed E-state index contributed by atoms with van der Waals surface area (Å²) in [5.74, 6) is -0.556. The van der Waals surface area contributed by atoms with Gasteiger partial charge < -0.3 is 39.9 Å². The second-order valence-corrected chi connectivity index (χ2v) is 16.6. The molecular weight excluding hydrogens is 751 g/mol. The van der Waals surface area contributed by atoms with Gasteiger partial charge in [-0.25, -0.2) is 4.57 Å². The number of rotatable bonds is 36. The summed E-state index contributed by atoms with van der Waals surface area (Å²) < 4.78 is 34.0. The Morgan fingerprint density at radius 1 is 0.579 bits per heavy atom. The van der Waals surface area contributed by atoms with Crippen LogP contribution in [0.15, 0.2) is 48.6 Å². The summed E-state index contributed by atoms with van der Waals surface area (Å²) in [7, 11) is -5.03. The highest BCUT2D eigenvalue weighted by molar-refractivity contribution is 7.47. The minimum Gasteiger partial charge on any atom is -0.457 e. The molecule has 6 N–H and O–H groups in total. The third-order valence-electron chi connectivity index (χ3n) is 9.98. The Kier molecular flexibility index (Phi) is 32.8. The minimum atomic E-state index is -5.03. The number of hydrogen-bond acceptors (Lipinski definition) is 11. The van der Waals surface area contributed by atoms with Crippen LogP contribution in [0.25, 0.3) is 0 Å². The van der Waals surface area contributed by atoms with Crippen LogP contribution in [0.1, 0.15) is 162 Å². The van der Waals surface area contributed by atoms with E-state index in [9.17, 15) is 39.8 Å². The molecule has 0 radical (unpaired) electrons. The molecule has 0 aromatic heterocycles. The van der Waals surface area contributed by atoms with Gasteiger partial charge in [-0.15, -0.1) is 0 Å². The Bertz CT molecular complexity index is 1130. The van der Waals surface area contributed by atoms with E-state index >= 15 is 0 Å². The molecule has 1 aliphatic carbocycles. The lowest BCUT2D eigenvalue weighted by Crippen LogP contribution is -2.64. The van der Waals surface area contributed by atoms with Crippen LogP contribution in [0.4, 0.5) is 0 Å². The first-order chi connectivity index (χ1) is 27.5. The molecule has 332 valence electrons. The van der Waals surface area contributed by atoms with E-state index in [0.717, 1.165) is 44.9 Å². The van der Waals surface area contributed by atoms with Crippen LogP contribution < -0.4 is 0 Å². The zero-order valence-corrected chi connectivity index (χ0v) is 36.0. The summed E-state index contributed by atoms with van der Waals surface area (Å²) in [5.41, 5.74) is 0. The monoisotopic (exact) mass is 831 g/mol. The predicted octanol–water partition coefficient (Wildman–Crippen LogP) is 8.47. The summed E-state index contributed by atoms with van der Waals surface area (Å²) in [4.78, 5) is 23.0. The third kappa shape index (κ3) is 27.6. The number of aliphatic hydroxyl groups excluding tert-OH is 5. The van der Waals surface area contributed by atoms with Gasteiger partial charge >= 0.3 is 13.8 Å². The number of ether oxygens (including phenoxy) is 2. The fourth-order valence-electron chi connectivity index (χ4n) is 6.49. The van der Waals surface area contributed by atoms with Crippen molar-refractivity contribution in [3.63, 3.8) is 0 Å². The second-order valence-electron chi connectivity index (χ2n) is 15.2. The van der Waals surface area contributed by atoms with Gasteiger partial charge in [0.1, 0.15) is 42.7 Å². The van der Waals surface area contributed by atoms with E-state index in [1.54, 1.807) is 0 Å².